The van der Waals surface area contributed by atoms with Gasteiger partial charge in [-0.2, -0.15) is 0 Å². The van der Waals surface area contributed by atoms with Crippen molar-refractivity contribution < 1.29 is 14.4 Å². The smallest absolute Gasteiger partial charge is 0.251 e. The van der Waals surface area contributed by atoms with Crippen molar-refractivity contribution in [2.24, 2.45) is 0 Å². The zero-order valence-corrected chi connectivity index (χ0v) is 18.2. The first kappa shape index (κ1) is 22.3. The molecular formula is C23H34N4O3. The molecule has 0 aliphatic carbocycles. The van der Waals surface area contributed by atoms with E-state index in [1.54, 1.807) is 12.1 Å². The standard InChI is InChI=1S/C23H34N4O3/c1-18(24-22(29)20-9-5-3-6-10-20)17-21(28)26-15-13-25(14-16-26)19(2)23(30)27-11-7-4-8-12-27/h3,5-6,9-10,18-19H,4,7-8,11-17H2,1-2H3,(H,24,29). The van der Waals surface area contributed by atoms with E-state index in [4.69, 9.17) is 0 Å². The largest absolute Gasteiger partial charge is 0.349 e. The van der Waals surface area contributed by atoms with Crippen LogP contribution in [0.2, 0.25) is 0 Å². The highest BCUT2D eigenvalue weighted by Crippen LogP contribution is 2.15. The molecule has 2 aliphatic heterocycles. The van der Waals surface area contributed by atoms with Crippen molar-refractivity contribution in [3.63, 3.8) is 0 Å². The fourth-order valence-electron chi connectivity index (χ4n) is 4.23. The Balaban J connectivity index is 1.42. The number of piperazine rings is 1. The molecule has 7 nitrogen and oxygen atoms in total. The van der Waals surface area contributed by atoms with Crippen molar-refractivity contribution in [2.75, 3.05) is 39.3 Å². The van der Waals surface area contributed by atoms with Gasteiger partial charge in [-0.25, -0.2) is 0 Å². The van der Waals surface area contributed by atoms with Crippen LogP contribution in [0.4, 0.5) is 0 Å². The van der Waals surface area contributed by atoms with Gasteiger partial charge in [0, 0.05) is 57.3 Å². The topological polar surface area (TPSA) is 73.0 Å². The second-order valence-electron chi connectivity index (χ2n) is 8.42. The molecule has 2 unspecified atom stereocenters. The lowest BCUT2D eigenvalue weighted by Gasteiger charge is -2.39. The molecule has 7 heteroatoms. The van der Waals surface area contributed by atoms with Gasteiger partial charge >= 0.3 is 0 Å². The highest BCUT2D eigenvalue weighted by atomic mass is 16.2. The number of hydrogen-bond acceptors (Lipinski definition) is 4. The van der Waals surface area contributed by atoms with Gasteiger partial charge < -0.3 is 15.1 Å². The second kappa shape index (κ2) is 10.6. The van der Waals surface area contributed by atoms with Crippen LogP contribution in [-0.2, 0) is 9.59 Å². The van der Waals surface area contributed by atoms with E-state index in [1.807, 2.05) is 41.8 Å². The third-order valence-corrected chi connectivity index (χ3v) is 6.13. The van der Waals surface area contributed by atoms with Gasteiger partial charge in [-0.3, -0.25) is 19.3 Å². The summed E-state index contributed by atoms with van der Waals surface area (Å²) < 4.78 is 0. The quantitative estimate of drug-likeness (QED) is 0.770. The number of rotatable bonds is 6. The first-order valence-electron chi connectivity index (χ1n) is 11.1. The number of nitrogens with one attached hydrogen (secondary N) is 1. The highest BCUT2D eigenvalue weighted by molar-refractivity contribution is 5.94. The van der Waals surface area contributed by atoms with Gasteiger partial charge in [0.25, 0.3) is 5.91 Å². The number of carbonyl (C=O) groups is 3. The molecule has 2 aliphatic rings. The summed E-state index contributed by atoms with van der Waals surface area (Å²) in [5.41, 5.74) is 0.595. The van der Waals surface area contributed by atoms with Crippen LogP contribution < -0.4 is 5.32 Å². The average molecular weight is 415 g/mol. The summed E-state index contributed by atoms with van der Waals surface area (Å²) >= 11 is 0. The van der Waals surface area contributed by atoms with E-state index in [0.717, 1.165) is 25.9 Å². The van der Waals surface area contributed by atoms with Gasteiger partial charge in [0.05, 0.1) is 6.04 Å². The van der Waals surface area contributed by atoms with Gasteiger partial charge in [-0.05, 0) is 45.2 Å². The van der Waals surface area contributed by atoms with E-state index in [2.05, 4.69) is 10.2 Å². The summed E-state index contributed by atoms with van der Waals surface area (Å²) in [6.45, 7) is 8.23. The molecular weight excluding hydrogens is 380 g/mol. The van der Waals surface area contributed by atoms with Crippen molar-refractivity contribution in [3.8, 4) is 0 Å². The molecule has 164 valence electrons. The summed E-state index contributed by atoms with van der Waals surface area (Å²) in [5.74, 6) is 0.100. The Morgan fingerprint density at radius 3 is 2.13 bits per heavy atom. The van der Waals surface area contributed by atoms with Crippen LogP contribution in [0.15, 0.2) is 30.3 Å². The average Bonchev–Trinajstić information content (AvgIpc) is 2.79. The van der Waals surface area contributed by atoms with Crippen molar-refractivity contribution in [2.45, 2.75) is 51.6 Å². The van der Waals surface area contributed by atoms with E-state index >= 15 is 0 Å². The number of hydrogen-bond donors (Lipinski definition) is 1. The van der Waals surface area contributed by atoms with Crippen molar-refractivity contribution in [3.05, 3.63) is 35.9 Å². The molecule has 3 rings (SSSR count). The molecule has 2 atom stereocenters. The number of benzene rings is 1. The Morgan fingerprint density at radius 2 is 1.50 bits per heavy atom. The number of amides is 3. The minimum Gasteiger partial charge on any atom is -0.349 e. The lowest BCUT2D eigenvalue weighted by atomic mass is 10.1. The Morgan fingerprint density at radius 1 is 0.867 bits per heavy atom. The minimum atomic E-state index is -0.233. The van der Waals surface area contributed by atoms with Crippen molar-refractivity contribution in [1.82, 2.24) is 20.0 Å². The molecule has 30 heavy (non-hydrogen) atoms. The Kier molecular flexibility index (Phi) is 7.85. The van der Waals surface area contributed by atoms with Crippen LogP contribution in [0.3, 0.4) is 0 Å². The molecule has 2 saturated heterocycles. The molecule has 0 bridgehead atoms. The predicted molar refractivity (Wildman–Crippen MR) is 116 cm³/mol. The van der Waals surface area contributed by atoms with Crippen LogP contribution in [0.1, 0.15) is 49.9 Å². The normalized spacial score (nSPS) is 19.8. The number of likely N-dealkylation sites (tertiary alicyclic amines) is 1. The second-order valence-corrected chi connectivity index (χ2v) is 8.42. The number of carbonyl (C=O) groups excluding carboxylic acids is 3. The summed E-state index contributed by atoms with van der Waals surface area (Å²) in [6.07, 6.45) is 3.68. The molecule has 0 saturated carbocycles. The summed E-state index contributed by atoms with van der Waals surface area (Å²) in [6, 6.07) is 8.66. The van der Waals surface area contributed by atoms with Gasteiger partial charge in [0.1, 0.15) is 0 Å². The van der Waals surface area contributed by atoms with Gasteiger partial charge in [-0.1, -0.05) is 18.2 Å². The maximum atomic E-state index is 12.7. The zero-order chi connectivity index (χ0) is 21.5. The number of nitrogens with zero attached hydrogens (tertiary/aromatic N) is 3. The highest BCUT2D eigenvalue weighted by Gasteiger charge is 2.30. The molecule has 0 radical (unpaired) electrons. The molecule has 2 heterocycles. The first-order valence-corrected chi connectivity index (χ1v) is 11.1. The summed E-state index contributed by atoms with van der Waals surface area (Å²) in [4.78, 5) is 43.7. The summed E-state index contributed by atoms with van der Waals surface area (Å²) in [5, 5.41) is 2.90. The third kappa shape index (κ3) is 5.81. The van der Waals surface area contributed by atoms with Crippen LogP contribution in [0.5, 0.6) is 0 Å². The van der Waals surface area contributed by atoms with Crippen molar-refractivity contribution in [1.29, 1.82) is 0 Å². The van der Waals surface area contributed by atoms with Crippen molar-refractivity contribution >= 4 is 17.7 Å². The molecule has 1 aromatic carbocycles. The van der Waals surface area contributed by atoms with Crippen LogP contribution in [0.25, 0.3) is 0 Å². The van der Waals surface area contributed by atoms with E-state index in [0.29, 0.717) is 31.7 Å². The van der Waals surface area contributed by atoms with Gasteiger partial charge in [0.15, 0.2) is 0 Å². The minimum absolute atomic E-state index is 0.0468. The van der Waals surface area contributed by atoms with E-state index in [-0.39, 0.29) is 36.2 Å². The molecule has 3 amide bonds. The van der Waals surface area contributed by atoms with Crippen LogP contribution in [-0.4, -0.2) is 83.8 Å². The Labute approximate surface area is 179 Å². The monoisotopic (exact) mass is 414 g/mol. The molecule has 0 spiro atoms. The lowest BCUT2D eigenvalue weighted by molar-refractivity contribution is -0.139. The molecule has 0 aromatic heterocycles. The first-order chi connectivity index (χ1) is 14.5. The molecule has 1 N–H and O–H groups in total. The van der Waals surface area contributed by atoms with E-state index in [9.17, 15) is 14.4 Å². The Hall–Kier alpha value is -2.41. The maximum absolute atomic E-state index is 12.7. The van der Waals surface area contributed by atoms with Gasteiger partial charge in [-0.15, -0.1) is 0 Å². The van der Waals surface area contributed by atoms with E-state index < -0.39 is 0 Å². The third-order valence-electron chi connectivity index (χ3n) is 6.13. The SMILES string of the molecule is CC(CC(=O)N1CCN(C(C)C(=O)N2CCCCC2)CC1)NC(=O)c1ccccc1. The molecule has 1 aromatic rings. The van der Waals surface area contributed by atoms with Crippen LogP contribution >= 0.6 is 0 Å². The van der Waals surface area contributed by atoms with Crippen LogP contribution in [0, 0.1) is 0 Å². The zero-order valence-electron chi connectivity index (χ0n) is 18.2. The molecule has 2 fully saturated rings. The number of piperidine rings is 1. The predicted octanol–water partition coefficient (Wildman–Crippen LogP) is 1.74. The fourth-order valence-corrected chi connectivity index (χ4v) is 4.23. The van der Waals surface area contributed by atoms with E-state index in [1.165, 1.54) is 6.42 Å². The lowest BCUT2D eigenvalue weighted by Crippen LogP contribution is -2.56. The summed E-state index contributed by atoms with van der Waals surface area (Å²) in [7, 11) is 0. The fraction of sp³-hybridized carbons (Fsp3) is 0.609. The van der Waals surface area contributed by atoms with Gasteiger partial charge in [0.2, 0.25) is 11.8 Å². The Bertz CT molecular complexity index is 725. The maximum Gasteiger partial charge on any atom is 0.251 e.